The van der Waals surface area contributed by atoms with Crippen molar-refractivity contribution in [3.8, 4) is 0 Å². The SMILES string of the molecule is Cc1nn(C)c(C(=O)NCCN(C)C)c1N. The van der Waals surface area contributed by atoms with Crippen LogP contribution >= 0.6 is 0 Å². The quantitative estimate of drug-likeness (QED) is 0.731. The summed E-state index contributed by atoms with van der Waals surface area (Å²) in [5.41, 5.74) is 7.34. The third-order valence-corrected chi connectivity index (χ3v) is 2.33. The summed E-state index contributed by atoms with van der Waals surface area (Å²) in [6, 6.07) is 0. The Labute approximate surface area is 95.4 Å². The first-order chi connectivity index (χ1) is 7.43. The van der Waals surface area contributed by atoms with Gasteiger partial charge in [0.05, 0.1) is 11.4 Å². The predicted molar refractivity (Wildman–Crippen MR) is 63.2 cm³/mol. The van der Waals surface area contributed by atoms with E-state index in [0.29, 0.717) is 23.6 Å². The molecule has 3 N–H and O–H groups in total. The molecule has 1 amide bonds. The molecule has 0 radical (unpaired) electrons. The number of anilines is 1. The molecule has 0 aliphatic carbocycles. The van der Waals surface area contributed by atoms with Gasteiger partial charge in [-0.1, -0.05) is 0 Å². The van der Waals surface area contributed by atoms with Crippen molar-refractivity contribution in [3.63, 3.8) is 0 Å². The van der Waals surface area contributed by atoms with E-state index in [1.807, 2.05) is 19.0 Å². The van der Waals surface area contributed by atoms with E-state index in [4.69, 9.17) is 5.73 Å². The Bertz CT molecular complexity index is 383. The Morgan fingerprint density at radius 1 is 1.56 bits per heavy atom. The number of amides is 1. The average molecular weight is 225 g/mol. The standard InChI is InChI=1S/C10H19N5O/c1-7-8(11)9(15(4)13-7)10(16)12-5-6-14(2)3/h5-6,11H2,1-4H3,(H,12,16). The molecule has 6 heteroatoms. The summed E-state index contributed by atoms with van der Waals surface area (Å²) in [4.78, 5) is 13.8. The van der Waals surface area contributed by atoms with Crippen molar-refractivity contribution >= 4 is 11.6 Å². The van der Waals surface area contributed by atoms with Gasteiger partial charge in [0.2, 0.25) is 0 Å². The van der Waals surface area contributed by atoms with E-state index in [0.717, 1.165) is 6.54 Å². The maximum Gasteiger partial charge on any atom is 0.271 e. The summed E-state index contributed by atoms with van der Waals surface area (Å²) in [6.45, 7) is 3.17. The number of carbonyl (C=O) groups excluding carboxylic acids is 1. The van der Waals surface area contributed by atoms with Gasteiger partial charge in [-0.05, 0) is 21.0 Å². The zero-order chi connectivity index (χ0) is 12.3. The van der Waals surface area contributed by atoms with Crippen molar-refractivity contribution in [1.29, 1.82) is 0 Å². The number of carbonyl (C=O) groups is 1. The lowest BCUT2D eigenvalue weighted by molar-refractivity contribution is 0.0942. The smallest absolute Gasteiger partial charge is 0.271 e. The Hall–Kier alpha value is -1.56. The van der Waals surface area contributed by atoms with Gasteiger partial charge in [-0.15, -0.1) is 0 Å². The molecule has 0 aliphatic heterocycles. The highest BCUT2D eigenvalue weighted by molar-refractivity contribution is 5.97. The molecule has 0 aliphatic rings. The van der Waals surface area contributed by atoms with Crippen LogP contribution in [-0.4, -0.2) is 47.8 Å². The first-order valence-electron chi connectivity index (χ1n) is 5.15. The number of aromatic nitrogens is 2. The van der Waals surface area contributed by atoms with E-state index in [1.54, 1.807) is 14.0 Å². The van der Waals surface area contributed by atoms with Gasteiger partial charge in [0.1, 0.15) is 5.69 Å². The number of aryl methyl sites for hydroxylation is 2. The molecule has 1 aromatic heterocycles. The van der Waals surface area contributed by atoms with Crippen LogP contribution < -0.4 is 11.1 Å². The third-order valence-electron chi connectivity index (χ3n) is 2.33. The minimum Gasteiger partial charge on any atom is -0.395 e. The molecule has 0 aromatic carbocycles. The van der Waals surface area contributed by atoms with Gasteiger partial charge in [-0.25, -0.2) is 0 Å². The molecule has 0 fully saturated rings. The molecule has 0 unspecified atom stereocenters. The van der Waals surface area contributed by atoms with Gasteiger partial charge in [0.15, 0.2) is 0 Å². The zero-order valence-electron chi connectivity index (χ0n) is 10.2. The number of hydrogen-bond donors (Lipinski definition) is 2. The van der Waals surface area contributed by atoms with Crippen LogP contribution in [0.15, 0.2) is 0 Å². The summed E-state index contributed by atoms with van der Waals surface area (Å²) in [6.07, 6.45) is 0. The van der Waals surface area contributed by atoms with E-state index < -0.39 is 0 Å². The van der Waals surface area contributed by atoms with Gasteiger partial charge in [0.25, 0.3) is 5.91 Å². The van der Waals surface area contributed by atoms with E-state index in [1.165, 1.54) is 4.68 Å². The van der Waals surface area contributed by atoms with Crippen LogP contribution in [0.1, 0.15) is 16.2 Å². The molecule has 1 aromatic rings. The summed E-state index contributed by atoms with van der Waals surface area (Å²) >= 11 is 0. The largest absolute Gasteiger partial charge is 0.395 e. The Kier molecular flexibility index (Phi) is 3.89. The second-order valence-corrected chi connectivity index (χ2v) is 4.03. The fourth-order valence-electron chi connectivity index (χ4n) is 1.42. The molecule has 1 rings (SSSR count). The van der Waals surface area contributed by atoms with Gasteiger partial charge in [-0.2, -0.15) is 5.10 Å². The summed E-state index contributed by atoms with van der Waals surface area (Å²) in [5.74, 6) is -0.178. The van der Waals surface area contributed by atoms with Gasteiger partial charge in [0, 0.05) is 20.1 Å². The second kappa shape index (κ2) is 4.98. The maximum atomic E-state index is 11.8. The zero-order valence-corrected chi connectivity index (χ0v) is 10.2. The number of nitrogens with one attached hydrogen (secondary N) is 1. The van der Waals surface area contributed by atoms with Crippen LogP contribution in [0.5, 0.6) is 0 Å². The van der Waals surface area contributed by atoms with E-state index in [2.05, 4.69) is 10.4 Å². The summed E-state index contributed by atoms with van der Waals surface area (Å²) < 4.78 is 1.51. The Balaban J connectivity index is 2.66. The highest BCUT2D eigenvalue weighted by Crippen LogP contribution is 2.14. The molecule has 0 atom stereocenters. The lowest BCUT2D eigenvalue weighted by Gasteiger charge is -2.10. The highest BCUT2D eigenvalue weighted by atomic mass is 16.2. The highest BCUT2D eigenvalue weighted by Gasteiger charge is 2.17. The lowest BCUT2D eigenvalue weighted by Crippen LogP contribution is -2.32. The van der Waals surface area contributed by atoms with E-state index >= 15 is 0 Å². The van der Waals surface area contributed by atoms with Crippen LogP contribution in [0.3, 0.4) is 0 Å². The molecule has 0 spiro atoms. The van der Waals surface area contributed by atoms with Crippen LogP contribution in [-0.2, 0) is 7.05 Å². The molecule has 0 saturated carbocycles. The van der Waals surface area contributed by atoms with E-state index in [9.17, 15) is 4.79 Å². The topological polar surface area (TPSA) is 76.2 Å². The molecular weight excluding hydrogens is 206 g/mol. The number of nitrogens with zero attached hydrogens (tertiary/aromatic N) is 3. The minimum absolute atomic E-state index is 0.178. The molecule has 16 heavy (non-hydrogen) atoms. The Morgan fingerprint density at radius 3 is 2.62 bits per heavy atom. The predicted octanol–water partition coefficient (Wildman–Crippen LogP) is -0.398. The fraction of sp³-hybridized carbons (Fsp3) is 0.600. The third kappa shape index (κ3) is 2.73. The van der Waals surface area contributed by atoms with Crippen molar-refractivity contribution in [2.75, 3.05) is 32.9 Å². The first kappa shape index (κ1) is 12.5. The normalized spacial score (nSPS) is 10.8. The summed E-state index contributed by atoms with van der Waals surface area (Å²) in [5, 5.41) is 6.90. The Morgan fingerprint density at radius 2 is 2.19 bits per heavy atom. The molecule has 0 saturated heterocycles. The molecule has 1 heterocycles. The van der Waals surface area contributed by atoms with Crippen molar-refractivity contribution < 1.29 is 4.79 Å². The van der Waals surface area contributed by atoms with Crippen LogP contribution in [0.4, 0.5) is 5.69 Å². The number of rotatable bonds is 4. The minimum atomic E-state index is -0.178. The maximum absolute atomic E-state index is 11.8. The average Bonchev–Trinajstić information content (AvgIpc) is 2.40. The van der Waals surface area contributed by atoms with Crippen molar-refractivity contribution in [2.24, 2.45) is 7.05 Å². The molecule has 90 valence electrons. The first-order valence-corrected chi connectivity index (χ1v) is 5.15. The van der Waals surface area contributed by atoms with Crippen LogP contribution in [0.25, 0.3) is 0 Å². The van der Waals surface area contributed by atoms with Crippen molar-refractivity contribution in [1.82, 2.24) is 20.0 Å². The molecular formula is C10H19N5O. The van der Waals surface area contributed by atoms with Crippen molar-refractivity contribution in [3.05, 3.63) is 11.4 Å². The molecule has 6 nitrogen and oxygen atoms in total. The van der Waals surface area contributed by atoms with E-state index in [-0.39, 0.29) is 5.91 Å². The number of hydrogen-bond acceptors (Lipinski definition) is 4. The number of nitrogens with two attached hydrogens (primary N) is 1. The van der Waals surface area contributed by atoms with Gasteiger partial charge in [-0.3, -0.25) is 9.48 Å². The van der Waals surface area contributed by atoms with Gasteiger partial charge < -0.3 is 16.0 Å². The van der Waals surface area contributed by atoms with Crippen LogP contribution in [0.2, 0.25) is 0 Å². The van der Waals surface area contributed by atoms with Gasteiger partial charge >= 0.3 is 0 Å². The fourth-order valence-corrected chi connectivity index (χ4v) is 1.42. The second-order valence-electron chi connectivity index (χ2n) is 4.03. The monoisotopic (exact) mass is 225 g/mol. The molecule has 0 bridgehead atoms. The van der Waals surface area contributed by atoms with Crippen LogP contribution in [0, 0.1) is 6.92 Å². The summed E-state index contributed by atoms with van der Waals surface area (Å²) in [7, 11) is 5.62. The lowest BCUT2D eigenvalue weighted by atomic mass is 10.3. The number of nitrogen functional groups attached to an aromatic ring is 1. The van der Waals surface area contributed by atoms with Crippen molar-refractivity contribution in [2.45, 2.75) is 6.92 Å². The number of likely N-dealkylation sites (N-methyl/N-ethyl adjacent to an activating group) is 1.